The minimum absolute atomic E-state index is 0.0536. The molecule has 0 spiro atoms. The number of aromatic nitrogens is 1. The van der Waals surface area contributed by atoms with Gasteiger partial charge in [0.05, 0.1) is 11.1 Å². The van der Waals surface area contributed by atoms with Gasteiger partial charge in [0.15, 0.2) is 0 Å². The predicted molar refractivity (Wildman–Crippen MR) is 92.3 cm³/mol. The van der Waals surface area contributed by atoms with E-state index in [1.165, 1.54) is 0 Å². The van der Waals surface area contributed by atoms with Crippen molar-refractivity contribution in [1.82, 2.24) is 10.3 Å². The summed E-state index contributed by atoms with van der Waals surface area (Å²) in [5, 5.41) is 22.9. The van der Waals surface area contributed by atoms with Crippen LogP contribution in [0.4, 0.5) is 0 Å². The smallest absolute Gasteiger partial charge is 0.255 e. The highest BCUT2D eigenvalue weighted by Crippen LogP contribution is 2.27. The molecule has 0 aliphatic rings. The van der Waals surface area contributed by atoms with Crippen LogP contribution in [0.5, 0.6) is 11.5 Å². The minimum atomic E-state index is -0.325. The van der Waals surface area contributed by atoms with Gasteiger partial charge in [-0.3, -0.25) is 9.78 Å². The van der Waals surface area contributed by atoms with E-state index in [-0.39, 0.29) is 23.0 Å². The van der Waals surface area contributed by atoms with Gasteiger partial charge in [-0.25, -0.2) is 0 Å². The van der Waals surface area contributed by atoms with Gasteiger partial charge in [-0.05, 0) is 55.3 Å². The van der Waals surface area contributed by atoms with Gasteiger partial charge in [-0.15, -0.1) is 0 Å². The number of nitrogens with zero attached hydrogens (tertiary/aromatic N) is 1. The molecule has 3 aromatic rings. The number of benzene rings is 2. The maximum Gasteiger partial charge on any atom is 0.255 e. The highest BCUT2D eigenvalue weighted by molar-refractivity contribution is 6.02. The van der Waals surface area contributed by atoms with Gasteiger partial charge in [0.1, 0.15) is 11.5 Å². The standard InChI is InChI=1S/C19H18N2O3/c1-12-2-7-15-17(21-12)9-8-16(18(15)23)19(24)20-11-10-13-3-5-14(22)6-4-13/h2-9,22-23H,10-11H2,1H3,(H,20,24). The lowest BCUT2D eigenvalue weighted by atomic mass is 10.1. The molecule has 5 heteroatoms. The van der Waals surface area contributed by atoms with Crippen LogP contribution in [-0.2, 0) is 6.42 Å². The zero-order chi connectivity index (χ0) is 17.1. The van der Waals surface area contributed by atoms with Crippen molar-refractivity contribution < 1.29 is 15.0 Å². The van der Waals surface area contributed by atoms with E-state index in [2.05, 4.69) is 10.3 Å². The molecule has 2 aromatic carbocycles. The summed E-state index contributed by atoms with van der Waals surface area (Å²) in [6.45, 7) is 2.31. The van der Waals surface area contributed by atoms with Crippen LogP contribution in [0.2, 0.25) is 0 Å². The summed E-state index contributed by atoms with van der Waals surface area (Å²) in [4.78, 5) is 16.6. The number of fused-ring (bicyclic) bond motifs is 1. The average Bonchev–Trinajstić information content (AvgIpc) is 2.56. The van der Waals surface area contributed by atoms with E-state index in [1.807, 2.05) is 19.1 Å². The van der Waals surface area contributed by atoms with Crippen molar-refractivity contribution in [1.29, 1.82) is 0 Å². The first-order chi connectivity index (χ1) is 11.5. The van der Waals surface area contributed by atoms with E-state index in [0.717, 1.165) is 11.3 Å². The largest absolute Gasteiger partial charge is 0.508 e. The van der Waals surface area contributed by atoms with Crippen LogP contribution in [0.1, 0.15) is 21.6 Å². The van der Waals surface area contributed by atoms with Crippen molar-refractivity contribution >= 4 is 16.8 Å². The molecule has 0 aliphatic carbocycles. The summed E-state index contributed by atoms with van der Waals surface area (Å²) in [7, 11) is 0. The number of carbonyl (C=O) groups is 1. The Bertz CT molecular complexity index is 889. The third-order valence-corrected chi connectivity index (χ3v) is 3.86. The number of nitrogens with one attached hydrogen (secondary N) is 1. The molecule has 0 unspecified atom stereocenters. The first-order valence-corrected chi connectivity index (χ1v) is 7.70. The van der Waals surface area contributed by atoms with Gasteiger partial charge in [0.2, 0.25) is 0 Å². The molecule has 122 valence electrons. The summed E-state index contributed by atoms with van der Waals surface area (Å²) >= 11 is 0. The van der Waals surface area contributed by atoms with Crippen LogP contribution in [0.3, 0.4) is 0 Å². The Morgan fingerprint density at radius 3 is 2.54 bits per heavy atom. The van der Waals surface area contributed by atoms with Crippen molar-refractivity contribution in [3.63, 3.8) is 0 Å². The van der Waals surface area contributed by atoms with Crippen molar-refractivity contribution in [2.24, 2.45) is 0 Å². The summed E-state index contributed by atoms with van der Waals surface area (Å²) in [6.07, 6.45) is 0.640. The Kier molecular flexibility index (Phi) is 4.33. The molecule has 1 heterocycles. The summed E-state index contributed by atoms with van der Waals surface area (Å²) < 4.78 is 0. The molecule has 1 aromatic heterocycles. The third kappa shape index (κ3) is 3.30. The highest BCUT2D eigenvalue weighted by atomic mass is 16.3. The molecule has 1 amide bonds. The fraction of sp³-hybridized carbons (Fsp3) is 0.158. The molecule has 0 saturated carbocycles. The van der Waals surface area contributed by atoms with Crippen molar-refractivity contribution in [2.75, 3.05) is 6.54 Å². The van der Waals surface area contributed by atoms with Crippen LogP contribution in [0.15, 0.2) is 48.5 Å². The number of rotatable bonds is 4. The maximum absolute atomic E-state index is 12.3. The Balaban J connectivity index is 1.70. The van der Waals surface area contributed by atoms with Crippen LogP contribution in [0, 0.1) is 6.92 Å². The van der Waals surface area contributed by atoms with Crippen LogP contribution >= 0.6 is 0 Å². The van der Waals surface area contributed by atoms with Gasteiger partial charge in [-0.1, -0.05) is 12.1 Å². The van der Waals surface area contributed by atoms with E-state index in [1.54, 1.807) is 36.4 Å². The number of aromatic hydroxyl groups is 2. The van der Waals surface area contributed by atoms with E-state index >= 15 is 0 Å². The molecule has 5 nitrogen and oxygen atoms in total. The second-order valence-electron chi connectivity index (χ2n) is 5.65. The third-order valence-electron chi connectivity index (χ3n) is 3.86. The van der Waals surface area contributed by atoms with Crippen molar-refractivity contribution in [3.05, 3.63) is 65.4 Å². The topological polar surface area (TPSA) is 82.5 Å². The molecule has 0 saturated heterocycles. The number of phenols is 2. The predicted octanol–water partition coefficient (Wildman–Crippen LogP) is 2.93. The highest BCUT2D eigenvalue weighted by Gasteiger charge is 2.14. The quantitative estimate of drug-likeness (QED) is 0.690. The number of amides is 1. The van der Waals surface area contributed by atoms with Crippen molar-refractivity contribution in [2.45, 2.75) is 13.3 Å². The lowest BCUT2D eigenvalue weighted by Gasteiger charge is -2.09. The molecular formula is C19H18N2O3. The molecule has 3 rings (SSSR count). The van der Waals surface area contributed by atoms with E-state index in [9.17, 15) is 15.0 Å². The van der Waals surface area contributed by atoms with E-state index in [4.69, 9.17) is 0 Å². The van der Waals surface area contributed by atoms with Crippen LogP contribution in [-0.4, -0.2) is 27.6 Å². The molecule has 0 bridgehead atoms. The molecule has 0 fully saturated rings. The second-order valence-corrected chi connectivity index (χ2v) is 5.65. The first kappa shape index (κ1) is 15.8. The van der Waals surface area contributed by atoms with Gasteiger partial charge in [0, 0.05) is 17.6 Å². The Morgan fingerprint density at radius 1 is 1.04 bits per heavy atom. The molecule has 24 heavy (non-hydrogen) atoms. The van der Waals surface area contributed by atoms with E-state index < -0.39 is 0 Å². The Hall–Kier alpha value is -3.08. The zero-order valence-electron chi connectivity index (χ0n) is 13.3. The molecule has 3 N–H and O–H groups in total. The summed E-state index contributed by atoms with van der Waals surface area (Å²) in [5.74, 6) is -0.163. The maximum atomic E-state index is 12.3. The molecule has 0 aliphatic heterocycles. The van der Waals surface area contributed by atoms with Crippen LogP contribution in [0.25, 0.3) is 10.9 Å². The monoisotopic (exact) mass is 322 g/mol. The van der Waals surface area contributed by atoms with Gasteiger partial charge in [0.25, 0.3) is 5.91 Å². The average molecular weight is 322 g/mol. The van der Waals surface area contributed by atoms with Crippen LogP contribution < -0.4 is 5.32 Å². The zero-order valence-corrected chi connectivity index (χ0v) is 13.3. The number of pyridine rings is 1. The van der Waals surface area contributed by atoms with E-state index in [0.29, 0.717) is 23.9 Å². The Morgan fingerprint density at radius 2 is 1.79 bits per heavy atom. The Labute approximate surface area is 139 Å². The lowest BCUT2D eigenvalue weighted by Crippen LogP contribution is -2.25. The molecule has 0 atom stereocenters. The lowest BCUT2D eigenvalue weighted by molar-refractivity contribution is 0.0951. The minimum Gasteiger partial charge on any atom is -0.508 e. The number of carbonyl (C=O) groups excluding carboxylic acids is 1. The second kappa shape index (κ2) is 6.58. The summed E-state index contributed by atoms with van der Waals surface area (Å²) in [5.41, 5.74) is 2.76. The fourth-order valence-electron chi connectivity index (χ4n) is 2.55. The fourth-order valence-corrected chi connectivity index (χ4v) is 2.55. The number of aryl methyl sites for hydroxylation is 1. The molecule has 0 radical (unpaired) electrons. The molecular weight excluding hydrogens is 304 g/mol. The number of hydrogen-bond donors (Lipinski definition) is 3. The summed E-state index contributed by atoms with van der Waals surface area (Å²) in [6, 6.07) is 13.7. The van der Waals surface area contributed by atoms with Crippen molar-refractivity contribution in [3.8, 4) is 11.5 Å². The SMILES string of the molecule is Cc1ccc2c(O)c(C(=O)NCCc3ccc(O)cc3)ccc2n1. The first-order valence-electron chi connectivity index (χ1n) is 7.70. The van der Waals surface area contributed by atoms with Gasteiger partial charge >= 0.3 is 0 Å². The normalized spacial score (nSPS) is 10.7. The number of phenolic OH excluding ortho intramolecular Hbond substituents is 2. The van der Waals surface area contributed by atoms with Gasteiger partial charge < -0.3 is 15.5 Å². The van der Waals surface area contributed by atoms with Gasteiger partial charge in [-0.2, -0.15) is 0 Å². The number of hydrogen-bond acceptors (Lipinski definition) is 4.